The van der Waals surface area contributed by atoms with Crippen LogP contribution >= 0.6 is 15.9 Å². The maximum atomic E-state index is 11.6. The number of ether oxygens (including phenoxy) is 2. The molecule has 2 aliphatic rings. The van der Waals surface area contributed by atoms with Crippen LogP contribution < -0.4 is 14.8 Å². The fourth-order valence-electron chi connectivity index (χ4n) is 2.47. The predicted molar refractivity (Wildman–Crippen MR) is 71.2 cm³/mol. The zero-order valence-electron chi connectivity index (χ0n) is 10.3. The minimum absolute atomic E-state index is 0.126. The molecule has 0 aromatic heterocycles. The molecule has 1 fully saturated rings. The minimum Gasteiger partial charge on any atom is -0.454 e. The van der Waals surface area contributed by atoms with Gasteiger partial charge in [0.1, 0.15) is 6.04 Å². The second-order valence-electron chi connectivity index (χ2n) is 4.66. The summed E-state index contributed by atoms with van der Waals surface area (Å²) in [6.45, 7) is 0.126. The summed E-state index contributed by atoms with van der Waals surface area (Å²) in [5, 5.41) is 13.9. The molecule has 2 aliphatic heterocycles. The Balaban J connectivity index is 2.01. The molecule has 1 amide bonds. The van der Waals surface area contributed by atoms with Crippen LogP contribution in [0.3, 0.4) is 0 Å². The average Bonchev–Trinajstić information content (AvgIpc) is 2.84. The SMILES string of the molecule is O=C1CC[C@H]([N+](=O)[O-])[C@@H](c2cc3c(cc2Br)OCO3)N1. The summed E-state index contributed by atoms with van der Waals surface area (Å²) < 4.78 is 11.2. The first-order valence-electron chi connectivity index (χ1n) is 6.08. The molecule has 0 unspecified atom stereocenters. The third-order valence-corrected chi connectivity index (χ3v) is 4.15. The lowest BCUT2D eigenvalue weighted by atomic mass is 9.92. The molecule has 0 spiro atoms. The molecule has 1 aromatic carbocycles. The van der Waals surface area contributed by atoms with E-state index in [0.717, 1.165) is 0 Å². The van der Waals surface area contributed by atoms with E-state index >= 15 is 0 Å². The van der Waals surface area contributed by atoms with Gasteiger partial charge in [-0.3, -0.25) is 14.9 Å². The highest BCUT2D eigenvalue weighted by molar-refractivity contribution is 9.10. The Bertz CT molecular complexity index is 591. The van der Waals surface area contributed by atoms with Gasteiger partial charge < -0.3 is 14.8 Å². The zero-order chi connectivity index (χ0) is 14.3. The summed E-state index contributed by atoms with van der Waals surface area (Å²) in [6.07, 6.45) is 0.398. The summed E-state index contributed by atoms with van der Waals surface area (Å²) in [5.74, 6) is 0.934. The third kappa shape index (κ3) is 2.20. The van der Waals surface area contributed by atoms with E-state index in [2.05, 4.69) is 21.2 Å². The molecule has 106 valence electrons. The topological polar surface area (TPSA) is 90.7 Å². The van der Waals surface area contributed by atoms with Crippen molar-refractivity contribution in [2.75, 3.05) is 6.79 Å². The molecule has 8 heteroatoms. The Kier molecular flexibility index (Phi) is 3.25. The van der Waals surface area contributed by atoms with Gasteiger partial charge in [0.05, 0.1) is 0 Å². The van der Waals surface area contributed by atoms with E-state index in [4.69, 9.17) is 9.47 Å². The number of nitrogens with zero attached hydrogens (tertiary/aromatic N) is 1. The van der Waals surface area contributed by atoms with Crippen LogP contribution in [-0.4, -0.2) is 23.7 Å². The first-order valence-corrected chi connectivity index (χ1v) is 6.87. The smallest absolute Gasteiger partial charge is 0.237 e. The third-order valence-electron chi connectivity index (χ3n) is 3.47. The molecule has 0 aliphatic carbocycles. The summed E-state index contributed by atoms with van der Waals surface area (Å²) in [5.41, 5.74) is 0.629. The number of rotatable bonds is 2. The highest BCUT2D eigenvalue weighted by atomic mass is 79.9. The van der Waals surface area contributed by atoms with E-state index in [1.165, 1.54) is 0 Å². The van der Waals surface area contributed by atoms with Gasteiger partial charge in [0.25, 0.3) is 0 Å². The van der Waals surface area contributed by atoms with E-state index in [1.54, 1.807) is 12.1 Å². The van der Waals surface area contributed by atoms with Crippen LogP contribution in [0, 0.1) is 10.1 Å². The number of fused-ring (bicyclic) bond motifs is 1. The van der Waals surface area contributed by atoms with Gasteiger partial charge in [-0.15, -0.1) is 0 Å². The van der Waals surface area contributed by atoms with Crippen molar-refractivity contribution in [2.45, 2.75) is 24.9 Å². The van der Waals surface area contributed by atoms with Crippen LogP contribution in [0.1, 0.15) is 24.4 Å². The van der Waals surface area contributed by atoms with Gasteiger partial charge in [-0.25, -0.2) is 0 Å². The normalized spacial score (nSPS) is 24.4. The van der Waals surface area contributed by atoms with Gasteiger partial charge in [-0.1, -0.05) is 15.9 Å². The lowest BCUT2D eigenvalue weighted by molar-refractivity contribution is -0.529. The second-order valence-corrected chi connectivity index (χ2v) is 5.52. The molecule has 1 aromatic rings. The number of hydrogen-bond donors (Lipinski definition) is 1. The fraction of sp³-hybridized carbons (Fsp3) is 0.417. The Hall–Kier alpha value is -1.83. The highest BCUT2D eigenvalue weighted by Gasteiger charge is 2.39. The molecular weight excluding hydrogens is 332 g/mol. The first-order chi connectivity index (χ1) is 9.56. The van der Waals surface area contributed by atoms with E-state index in [0.29, 0.717) is 21.5 Å². The molecule has 20 heavy (non-hydrogen) atoms. The Morgan fingerprint density at radius 1 is 1.35 bits per heavy atom. The maximum Gasteiger partial charge on any atom is 0.237 e. The van der Waals surface area contributed by atoms with Gasteiger partial charge in [-0.05, 0) is 17.7 Å². The largest absolute Gasteiger partial charge is 0.454 e. The molecule has 7 nitrogen and oxygen atoms in total. The van der Waals surface area contributed by atoms with Gasteiger partial charge in [-0.2, -0.15) is 0 Å². The Morgan fingerprint density at radius 3 is 2.75 bits per heavy atom. The van der Waals surface area contributed by atoms with Gasteiger partial charge in [0.2, 0.25) is 18.7 Å². The van der Waals surface area contributed by atoms with Crippen molar-refractivity contribution < 1.29 is 19.2 Å². The van der Waals surface area contributed by atoms with E-state index in [-0.39, 0.29) is 30.5 Å². The van der Waals surface area contributed by atoms with Gasteiger partial charge in [0, 0.05) is 22.2 Å². The number of benzene rings is 1. The number of nitrogens with one attached hydrogen (secondary N) is 1. The van der Waals surface area contributed by atoms with E-state index in [9.17, 15) is 14.9 Å². The maximum absolute atomic E-state index is 11.6. The number of carbonyl (C=O) groups is 1. The van der Waals surface area contributed by atoms with Crippen molar-refractivity contribution in [3.8, 4) is 11.5 Å². The van der Waals surface area contributed by atoms with Crippen molar-refractivity contribution in [2.24, 2.45) is 0 Å². The summed E-state index contributed by atoms with van der Waals surface area (Å²) in [4.78, 5) is 22.4. The van der Waals surface area contributed by atoms with Crippen LogP contribution in [0.4, 0.5) is 0 Å². The molecule has 2 atom stereocenters. The molecular formula is C12H11BrN2O5. The predicted octanol–water partition coefficient (Wildman–Crippen LogP) is 1.77. The zero-order valence-corrected chi connectivity index (χ0v) is 11.9. The average molecular weight is 343 g/mol. The number of amides is 1. The summed E-state index contributed by atoms with van der Waals surface area (Å²) in [6, 6.07) is 1.87. The Morgan fingerprint density at radius 2 is 2.05 bits per heavy atom. The number of carbonyl (C=O) groups excluding carboxylic acids is 1. The molecule has 1 saturated heterocycles. The molecule has 1 N–H and O–H groups in total. The molecule has 0 saturated carbocycles. The van der Waals surface area contributed by atoms with Crippen molar-refractivity contribution >= 4 is 21.8 Å². The molecule has 0 bridgehead atoms. The lowest BCUT2D eigenvalue weighted by Crippen LogP contribution is -2.45. The van der Waals surface area contributed by atoms with Crippen molar-refractivity contribution in [1.82, 2.24) is 5.32 Å². The van der Waals surface area contributed by atoms with Gasteiger partial charge >= 0.3 is 0 Å². The van der Waals surface area contributed by atoms with Crippen LogP contribution in [0.2, 0.25) is 0 Å². The standard InChI is InChI=1S/C12H11BrN2O5/c13-7-4-10-9(19-5-20-10)3-6(7)12-8(15(17)18)1-2-11(16)14-12/h3-4,8,12H,1-2,5H2,(H,14,16)/t8-,12+/m0/s1. The van der Waals surface area contributed by atoms with E-state index in [1.807, 2.05) is 0 Å². The Labute approximate surface area is 122 Å². The quantitative estimate of drug-likeness (QED) is 0.653. The number of hydrogen-bond acceptors (Lipinski definition) is 5. The fourth-order valence-corrected chi connectivity index (χ4v) is 3.04. The molecule has 2 heterocycles. The van der Waals surface area contributed by atoms with Crippen LogP contribution in [0.25, 0.3) is 0 Å². The molecule has 0 radical (unpaired) electrons. The van der Waals surface area contributed by atoms with Crippen molar-refractivity contribution in [3.63, 3.8) is 0 Å². The monoisotopic (exact) mass is 342 g/mol. The summed E-state index contributed by atoms with van der Waals surface area (Å²) >= 11 is 3.37. The number of piperidine rings is 1. The van der Waals surface area contributed by atoms with E-state index < -0.39 is 12.1 Å². The second kappa shape index (κ2) is 4.93. The number of halogens is 1. The van der Waals surface area contributed by atoms with Crippen LogP contribution in [0.5, 0.6) is 11.5 Å². The van der Waals surface area contributed by atoms with Crippen molar-refractivity contribution in [3.05, 3.63) is 32.3 Å². The molecule has 3 rings (SSSR count). The van der Waals surface area contributed by atoms with Gasteiger partial charge in [0.15, 0.2) is 11.5 Å². The summed E-state index contributed by atoms with van der Waals surface area (Å²) in [7, 11) is 0. The minimum atomic E-state index is -0.843. The van der Waals surface area contributed by atoms with Crippen LogP contribution in [0.15, 0.2) is 16.6 Å². The first kappa shape index (κ1) is 13.2. The lowest BCUT2D eigenvalue weighted by Gasteiger charge is -2.27. The highest BCUT2D eigenvalue weighted by Crippen LogP contribution is 2.41. The van der Waals surface area contributed by atoms with Crippen LogP contribution in [-0.2, 0) is 4.79 Å². The van der Waals surface area contributed by atoms with Crippen molar-refractivity contribution in [1.29, 1.82) is 0 Å². The number of nitro groups is 1.